The maximum absolute atomic E-state index is 5.74. The first-order valence-corrected chi connectivity index (χ1v) is 10.7. The molecular formula is C23H40O2. The van der Waals surface area contributed by atoms with E-state index in [-0.39, 0.29) is 0 Å². The summed E-state index contributed by atoms with van der Waals surface area (Å²) in [5, 5.41) is 0. The SMILES string of the molecule is CCCCCCCCCc1ccc(OCCOCCCCCC)cc1. The minimum Gasteiger partial charge on any atom is -0.491 e. The Bertz CT molecular complexity index is 386. The lowest BCUT2D eigenvalue weighted by atomic mass is 10.0. The van der Waals surface area contributed by atoms with Gasteiger partial charge in [-0.15, -0.1) is 0 Å². The summed E-state index contributed by atoms with van der Waals surface area (Å²) in [5.74, 6) is 0.956. The van der Waals surface area contributed by atoms with Crippen molar-refractivity contribution >= 4 is 0 Å². The molecule has 0 N–H and O–H groups in total. The molecule has 2 nitrogen and oxygen atoms in total. The number of rotatable bonds is 17. The Morgan fingerprint density at radius 2 is 1.20 bits per heavy atom. The van der Waals surface area contributed by atoms with Crippen molar-refractivity contribution in [3.05, 3.63) is 29.8 Å². The first-order chi connectivity index (χ1) is 12.4. The summed E-state index contributed by atoms with van der Waals surface area (Å²) >= 11 is 0. The second-order valence-corrected chi connectivity index (χ2v) is 7.04. The quantitative estimate of drug-likeness (QED) is 0.283. The van der Waals surface area contributed by atoms with Crippen LogP contribution < -0.4 is 4.74 Å². The van der Waals surface area contributed by atoms with Gasteiger partial charge in [0.25, 0.3) is 0 Å². The Labute approximate surface area is 156 Å². The third-order valence-electron chi connectivity index (χ3n) is 4.63. The summed E-state index contributed by atoms with van der Waals surface area (Å²) in [5.41, 5.74) is 1.42. The van der Waals surface area contributed by atoms with Crippen molar-refractivity contribution in [2.75, 3.05) is 19.8 Å². The third-order valence-corrected chi connectivity index (χ3v) is 4.63. The zero-order chi connectivity index (χ0) is 18.0. The number of hydrogen-bond donors (Lipinski definition) is 0. The van der Waals surface area contributed by atoms with Crippen molar-refractivity contribution in [3.63, 3.8) is 0 Å². The molecule has 0 aliphatic rings. The molecule has 1 aromatic carbocycles. The topological polar surface area (TPSA) is 18.5 Å². The molecule has 0 aliphatic heterocycles. The molecule has 0 saturated carbocycles. The molecule has 0 saturated heterocycles. The fourth-order valence-electron chi connectivity index (χ4n) is 2.99. The summed E-state index contributed by atoms with van der Waals surface area (Å²) in [6, 6.07) is 8.60. The van der Waals surface area contributed by atoms with Crippen LogP contribution in [0.15, 0.2) is 24.3 Å². The molecule has 1 aromatic rings. The fourth-order valence-corrected chi connectivity index (χ4v) is 2.99. The van der Waals surface area contributed by atoms with Gasteiger partial charge in [-0.05, 0) is 37.0 Å². The van der Waals surface area contributed by atoms with Gasteiger partial charge in [-0.2, -0.15) is 0 Å². The monoisotopic (exact) mass is 348 g/mol. The standard InChI is InChI=1S/C23H40O2/c1-3-5-7-9-10-11-12-14-22-15-17-23(18-16-22)25-21-20-24-19-13-8-6-4-2/h15-18H,3-14,19-21H2,1-2H3. The highest BCUT2D eigenvalue weighted by Crippen LogP contribution is 2.15. The van der Waals surface area contributed by atoms with E-state index in [9.17, 15) is 0 Å². The van der Waals surface area contributed by atoms with Crippen LogP contribution in [0.1, 0.15) is 90.0 Å². The number of aryl methyl sites for hydroxylation is 1. The molecule has 0 spiro atoms. The van der Waals surface area contributed by atoms with Crippen molar-refractivity contribution < 1.29 is 9.47 Å². The Balaban J connectivity index is 2.00. The van der Waals surface area contributed by atoms with Crippen molar-refractivity contribution in [1.82, 2.24) is 0 Å². The lowest BCUT2D eigenvalue weighted by molar-refractivity contribution is 0.0971. The van der Waals surface area contributed by atoms with E-state index < -0.39 is 0 Å². The largest absolute Gasteiger partial charge is 0.491 e. The Kier molecular flexibility index (Phi) is 14.5. The molecule has 0 unspecified atom stereocenters. The van der Waals surface area contributed by atoms with Gasteiger partial charge in [0.1, 0.15) is 12.4 Å². The number of ether oxygens (including phenoxy) is 2. The predicted molar refractivity (Wildman–Crippen MR) is 109 cm³/mol. The Morgan fingerprint density at radius 1 is 0.600 bits per heavy atom. The molecule has 0 aliphatic carbocycles. The average molecular weight is 349 g/mol. The molecule has 0 bridgehead atoms. The molecular weight excluding hydrogens is 308 g/mol. The van der Waals surface area contributed by atoms with Crippen molar-refractivity contribution in [2.24, 2.45) is 0 Å². The van der Waals surface area contributed by atoms with Crippen molar-refractivity contribution in [3.8, 4) is 5.75 Å². The first-order valence-electron chi connectivity index (χ1n) is 10.7. The molecule has 0 radical (unpaired) electrons. The van der Waals surface area contributed by atoms with Crippen molar-refractivity contribution in [2.45, 2.75) is 90.9 Å². The minimum atomic E-state index is 0.644. The third kappa shape index (κ3) is 12.9. The van der Waals surface area contributed by atoms with Crippen LogP contribution in [-0.4, -0.2) is 19.8 Å². The second-order valence-electron chi connectivity index (χ2n) is 7.04. The van der Waals surface area contributed by atoms with E-state index in [2.05, 4.69) is 38.1 Å². The van der Waals surface area contributed by atoms with Crippen LogP contribution >= 0.6 is 0 Å². The van der Waals surface area contributed by atoms with Gasteiger partial charge in [0.15, 0.2) is 0 Å². The normalized spacial score (nSPS) is 11.0. The first kappa shape index (κ1) is 22.0. The van der Waals surface area contributed by atoms with Crippen molar-refractivity contribution in [1.29, 1.82) is 0 Å². The van der Waals surface area contributed by atoms with Gasteiger partial charge in [0.05, 0.1) is 6.61 Å². The fraction of sp³-hybridized carbons (Fsp3) is 0.739. The molecule has 1 rings (SSSR count). The van der Waals surface area contributed by atoms with E-state index in [1.807, 2.05) is 0 Å². The van der Waals surface area contributed by atoms with Gasteiger partial charge in [0.2, 0.25) is 0 Å². The maximum Gasteiger partial charge on any atom is 0.119 e. The molecule has 0 aromatic heterocycles. The van der Waals surface area contributed by atoms with Gasteiger partial charge >= 0.3 is 0 Å². The number of benzene rings is 1. The Hall–Kier alpha value is -1.02. The lowest BCUT2D eigenvalue weighted by Gasteiger charge is -2.08. The van der Waals surface area contributed by atoms with Gasteiger partial charge in [0, 0.05) is 6.61 Å². The van der Waals surface area contributed by atoms with Gasteiger partial charge < -0.3 is 9.47 Å². The molecule has 2 heteroatoms. The van der Waals surface area contributed by atoms with Crippen LogP contribution in [0.4, 0.5) is 0 Å². The highest BCUT2D eigenvalue weighted by Gasteiger charge is 1.98. The van der Waals surface area contributed by atoms with Crippen LogP contribution in [-0.2, 0) is 11.2 Å². The van der Waals surface area contributed by atoms with E-state index in [0.717, 1.165) is 12.4 Å². The maximum atomic E-state index is 5.74. The van der Waals surface area contributed by atoms with Crippen LogP contribution in [0.2, 0.25) is 0 Å². The molecule has 0 heterocycles. The smallest absolute Gasteiger partial charge is 0.119 e. The van der Waals surface area contributed by atoms with E-state index in [1.165, 1.54) is 82.6 Å². The predicted octanol–water partition coefficient (Wildman–Crippen LogP) is 6.96. The van der Waals surface area contributed by atoms with Crippen LogP contribution in [0.5, 0.6) is 5.75 Å². The molecule has 0 fully saturated rings. The van der Waals surface area contributed by atoms with Crippen LogP contribution in [0.3, 0.4) is 0 Å². The summed E-state index contributed by atoms with van der Waals surface area (Å²) < 4.78 is 11.3. The second kappa shape index (κ2) is 16.4. The summed E-state index contributed by atoms with van der Waals surface area (Å²) in [6.45, 7) is 6.70. The van der Waals surface area contributed by atoms with Gasteiger partial charge in [-0.25, -0.2) is 0 Å². The number of unbranched alkanes of at least 4 members (excludes halogenated alkanes) is 9. The molecule has 0 amide bonds. The van der Waals surface area contributed by atoms with E-state index in [0.29, 0.717) is 13.2 Å². The summed E-state index contributed by atoms with van der Waals surface area (Å²) in [6.07, 6.45) is 15.8. The van der Waals surface area contributed by atoms with E-state index >= 15 is 0 Å². The van der Waals surface area contributed by atoms with Crippen LogP contribution in [0, 0.1) is 0 Å². The molecule has 25 heavy (non-hydrogen) atoms. The van der Waals surface area contributed by atoms with E-state index in [4.69, 9.17) is 9.47 Å². The average Bonchev–Trinajstić information content (AvgIpc) is 2.64. The number of hydrogen-bond acceptors (Lipinski definition) is 2. The van der Waals surface area contributed by atoms with E-state index in [1.54, 1.807) is 0 Å². The lowest BCUT2D eigenvalue weighted by Crippen LogP contribution is -2.07. The van der Waals surface area contributed by atoms with Gasteiger partial charge in [-0.1, -0.05) is 83.8 Å². The highest BCUT2D eigenvalue weighted by molar-refractivity contribution is 5.27. The zero-order valence-electron chi connectivity index (χ0n) is 16.7. The summed E-state index contributed by atoms with van der Waals surface area (Å²) in [4.78, 5) is 0. The molecule has 144 valence electrons. The molecule has 0 atom stereocenters. The van der Waals surface area contributed by atoms with Gasteiger partial charge in [-0.3, -0.25) is 0 Å². The minimum absolute atomic E-state index is 0.644. The summed E-state index contributed by atoms with van der Waals surface area (Å²) in [7, 11) is 0. The zero-order valence-corrected chi connectivity index (χ0v) is 16.7. The van der Waals surface area contributed by atoms with Crippen LogP contribution in [0.25, 0.3) is 0 Å². The highest BCUT2D eigenvalue weighted by atomic mass is 16.5. The Morgan fingerprint density at radius 3 is 1.88 bits per heavy atom.